The van der Waals surface area contributed by atoms with Crippen LogP contribution in [0.4, 0.5) is 11.4 Å². The summed E-state index contributed by atoms with van der Waals surface area (Å²) >= 11 is 5.84. The molecule has 0 aliphatic carbocycles. The highest BCUT2D eigenvalue weighted by Gasteiger charge is 2.24. The number of benzene rings is 1. The third-order valence-corrected chi connectivity index (χ3v) is 4.40. The molecule has 0 amide bonds. The van der Waals surface area contributed by atoms with Crippen molar-refractivity contribution in [1.82, 2.24) is 0 Å². The summed E-state index contributed by atoms with van der Waals surface area (Å²) in [5.74, 6) is 0.170. The molecule has 0 saturated carbocycles. The molecule has 0 unspecified atom stereocenters. The molecule has 1 saturated heterocycles. The van der Waals surface area contributed by atoms with Gasteiger partial charge in [0.1, 0.15) is 0 Å². The second kappa shape index (κ2) is 6.00. The molecule has 0 radical (unpaired) electrons. The van der Waals surface area contributed by atoms with Crippen LogP contribution in [0.2, 0.25) is 0 Å². The number of nitro groups is 1. The summed E-state index contributed by atoms with van der Waals surface area (Å²) in [6.07, 6.45) is 3.51. The second-order valence-electron chi connectivity index (χ2n) is 6.21. The molecule has 0 bridgehead atoms. The van der Waals surface area contributed by atoms with Crippen molar-refractivity contribution in [3.8, 4) is 0 Å². The van der Waals surface area contributed by atoms with Crippen LogP contribution in [-0.2, 0) is 5.88 Å². The molecule has 1 aliphatic rings. The molecule has 4 nitrogen and oxygen atoms in total. The first kappa shape index (κ1) is 15.1. The largest absolute Gasteiger partial charge is 0.372 e. The van der Waals surface area contributed by atoms with E-state index >= 15 is 0 Å². The fraction of sp³-hybridized carbons (Fsp3) is 0.600. The van der Waals surface area contributed by atoms with Gasteiger partial charge in [-0.1, -0.05) is 13.8 Å². The van der Waals surface area contributed by atoms with Gasteiger partial charge in [-0.2, -0.15) is 0 Å². The summed E-state index contributed by atoms with van der Waals surface area (Å²) in [5, 5.41) is 10.9. The van der Waals surface area contributed by atoms with Crippen LogP contribution in [-0.4, -0.2) is 18.0 Å². The maximum Gasteiger partial charge on any atom is 0.273 e. The van der Waals surface area contributed by atoms with Crippen LogP contribution >= 0.6 is 11.6 Å². The standard InChI is InChI=1S/C15H21ClN2O2/c1-15(2)6-3-8-17(9-7-15)13-4-5-14(18(19)20)12(10-13)11-16/h4-5,10H,3,6-9,11H2,1-2H3. The SMILES string of the molecule is CC1(C)CCCN(c2ccc([N+](=O)[O-])c(CCl)c2)CC1. The summed E-state index contributed by atoms with van der Waals surface area (Å²) in [4.78, 5) is 12.9. The van der Waals surface area contributed by atoms with E-state index in [2.05, 4.69) is 18.7 Å². The van der Waals surface area contributed by atoms with E-state index in [1.807, 2.05) is 12.1 Å². The van der Waals surface area contributed by atoms with E-state index in [-0.39, 0.29) is 16.5 Å². The molecule has 1 aromatic rings. The maximum absolute atomic E-state index is 10.9. The zero-order chi connectivity index (χ0) is 14.8. The Hall–Kier alpha value is -1.29. The Morgan fingerprint density at radius 3 is 2.75 bits per heavy atom. The first-order valence-corrected chi connectivity index (χ1v) is 7.55. The van der Waals surface area contributed by atoms with Gasteiger partial charge in [0.2, 0.25) is 0 Å². The zero-order valence-electron chi connectivity index (χ0n) is 12.1. The Morgan fingerprint density at radius 2 is 2.10 bits per heavy atom. The molecule has 1 aromatic carbocycles. The number of hydrogen-bond acceptors (Lipinski definition) is 3. The molecule has 0 atom stereocenters. The van der Waals surface area contributed by atoms with Crippen LogP contribution in [0.15, 0.2) is 18.2 Å². The van der Waals surface area contributed by atoms with Crippen molar-refractivity contribution in [2.75, 3.05) is 18.0 Å². The summed E-state index contributed by atoms with van der Waals surface area (Å²) in [6, 6.07) is 5.28. The fourth-order valence-electron chi connectivity index (χ4n) is 2.73. The van der Waals surface area contributed by atoms with Crippen molar-refractivity contribution in [3.05, 3.63) is 33.9 Å². The van der Waals surface area contributed by atoms with Gasteiger partial charge in [0.05, 0.1) is 10.8 Å². The van der Waals surface area contributed by atoms with Crippen LogP contribution in [0, 0.1) is 15.5 Å². The van der Waals surface area contributed by atoms with Crippen molar-refractivity contribution >= 4 is 23.0 Å². The molecule has 1 aliphatic heterocycles. The van der Waals surface area contributed by atoms with Gasteiger partial charge in [0.15, 0.2) is 0 Å². The van der Waals surface area contributed by atoms with Crippen molar-refractivity contribution in [1.29, 1.82) is 0 Å². The number of nitro benzene ring substituents is 1. The third kappa shape index (κ3) is 3.42. The Bertz CT molecular complexity index is 503. The highest BCUT2D eigenvalue weighted by molar-refractivity contribution is 6.17. The summed E-state index contributed by atoms with van der Waals surface area (Å²) in [5.41, 5.74) is 2.13. The Balaban J connectivity index is 2.22. The van der Waals surface area contributed by atoms with E-state index in [0.29, 0.717) is 11.0 Å². The van der Waals surface area contributed by atoms with Crippen molar-refractivity contribution in [2.24, 2.45) is 5.41 Å². The van der Waals surface area contributed by atoms with E-state index < -0.39 is 0 Å². The lowest BCUT2D eigenvalue weighted by Gasteiger charge is -2.25. The van der Waals surface area contributed by atoms with E-state index in [1.165, 1.54) is 6.42 Å². The van der Waals surface area contributed by atoms with E-state index in [4.69, 9.17) is 11.6 Å². The minimum atomic E-state index is -0.368. The molecule has 1 fully saturated rings. The van der Waals surface area contributed by atoms with Crippen LogP contribution in [0.3, 0.4) is 0 Å². The van der Waals surface area contributed by atoms with Crippen LogP contribution in [0.25, 0.3) is 0 Å². The lowest BCUT2D eigenvalue weighted by atomic mass is 9.85. The molecule has 20 heavy (non-hydrogen) atoms. The van der Waals surface area contributed by atoms with Gasteiger partial charge in [-0.25, -0.2) is 0 Å². The Morgan fingerprint density at radius 1 is 1.35 bits per heavy atom. The first-order chi connectivity index (χ1) is 9.43. The molecular formula is C15H21ClN2O2. The molecular weight excluding hydrogens is 276 g/mol. The monoisotopic (exact) mass is 296 g/mol. The molecule has 0 N–H and O–H groups in total. The van der Waals surface area contributed by atoms with Gasteiger partial charge in [0, 0.05) is 30.4 Å². The van der Waals surface area contributed by atoms with Gasteiger partial charge in [-0.05, 0) is 36.8 Å². The minimum absolute atomic E-state index is 0.110. The lowest BCUT2D eigenvalue weighted by molar-refractivity contribution is -0.385. The number of hydrogen-bond donors (Lipinski definition) is 0. The average molecular weight is 297 g/mol. The van der Waals surface area contributed by atoms with Crippen molar-refractivity contribution < 1.29 is 4.92 Å². The molecule has 0 spiro atoms. The zero-order valence-corrected chi connectivity index (χ0v) is 12.8. The van der Waals surface area contributed by atoms with Crippen LogP contribution in [0.1, 0.15) is 38.7 Å². The molecule has 5 heteroatoms. The van der Waals surface area contributed by atoms with E-state index in [1.54, 1.807) is 6.07 Å². The molecule has 2 rings (SSSR count). The first-order valence-electron chi connectivity index (χ1n) is 7.01. The van der Waals surface area contributed by atoms with Gasteiger partial charge < -0.3 is 4.90 Å². The van der Waals surface area contributed by atoms with Crippen molar-refractivity contribution in [3.63, 3.8) is 0 Å². The van der Waals surface area contributed by atoms with Gasteiger partial charge in [0.25, 0.3) is 5.69 Å². The van der Waals surface area contributed by atoms with Crippen LogP contribution < -0.4 is 4.90 Å². The molecule has 110 valence electrons. The van der Waals surface area contributed by atoms with E-state index in [0.717, 1.165) is 31.6 Å². The maximum atomic E-state index is 10.9. The lowest BCUT2D eigenvalue weighted by Crippen LogP contribution is -2.25. The quantitative estimate of drug-likeness (QED) is 0.473. The number of halogens is 1. The number of alkyl halides is 1. The number of nitrogens with zero attached hydrogens (tertiary/aromatic N) is 2. The topological polar surface area (TPSA) is 46.4 Å². The third-order valence-electron chi connectivity index (χ3n) is 4.11. The molecule has 0 aromatic heterocycles. The predicted molar refractivity (Wildman–Crippen MR) is 82.5 cm³/mol. The number of anilines is 1. The highest BCUT2D eigenvalue weighted by Crippen LogP contribution is 2.33. The number of rotatable bonds is 3. The minimum Gasteiger partial charge on any atom is -0.372 e. The summed E-state index contributed by atoms with van der Waals surface area (Å²) < 4.78 is 0. The van der Waals surface area contributed by atoms with Gasteiger partial charge in [-0.15, -0.1) is 11.6 Å². The molecule has 1 heterocycles. The smallest absolute Gasteiger partial charge is 0.273 e. The normalized spacial score (nSPS) is 18.6. The predicted octanol–water partition coefficient (Wildman–Crippen LogP) is 4.35. The highest BCUT2D eigenvalue weighted by atomic mass is 35.5. The fourth-order valence-corrected chi connectivity index (χ4v) is 2.95. The Kier molecular flexibility index (Phi) is 4.53. The van der Waals surface area contributed by atoms with E-state index in [9.17, 15) is 10.1 Å². The van der Waals surface area contributed by atoms with Crippen LogP contribution in [0.5, 0.6) is 0 Å². The van der Waals surface area contributed by atoms with Gasteiger partial charge >= 0.3 is 0 Å². The average Bonchev–Trinajstić information content (AvgIpc) is 2.59. The van der Waals surface area contributed by atoms with Crippen molar-refractivity contribution in [2.45, 2.75) is 39.0 Å². The van der Waals surface area contributed by atoms with Gasteiger partial charge in [-0.3, -0.25) is 10.1 Å². The summed E-state index contributed by atoms with van der Waals surface area (Å²) in [6.45, 7) is 6.60. The Labute approximate surface area is 124 Å². The summed E-state index contributed by atoms with van der Waals surface area (Å²) in [7, 11) is 0. The second-order valence-corrected chi connectivity index (χ2v) is 6.48.